The highest BCUT2D eigenvalue weighted by Crippen LogP contribution is 2.35. The van der Waals surface area contributed by atoms with Crippen LogP contribution in [0.1, 0.15) is 51.4 Å². The van der Waals surface area contributed by atoms with Crippen LogP contribution in [0.5, 0.6) is 0 Å². The molecule has 5 nitrogen and oxygen atoms in total. The second kappa shape index (κ2) is 5.59. The molecule has 0 aromatic rings. The molecular weight excluding hydrogens is 234 g/mol. The van der Waals surface area contributed by atoms with Gasteiger partial charge in [-0.3, -0.25) is 19.7 Å². The third-order valence-corrected chi connectivity index (χ3v) is 4.25. The van der Waals surface area contributed by atoms with E-state index in [0.29, 0.717) is 25.7 Å². The fourth-order valence-corrected chi connectivity index (χ4v) is 3.43. The van der Waals surface area contributed by atoms with Crippen LogP contribution in [-0.4, -0.2) is 22.5 Å². The summed E-state index contributed by atoms with van der Waals surface area (Å²) in [6, 6.07) is -0.696. The van der Waals surface area contributed by atoms with Crippen LogP contribution >= 0.6 is 0 Å². The molecule has 0 bridgehead atoms. The van der Waals surface area contributed by atoms with E-state index in [1.807, 2.05) is 0 Å². The minimum atomic E-state index is -0.696. The molecular formula is C13H19NO4. The van der Waals surface area contributed by atoms with Crippen molar-refractivity contribution in [3.63, 3.8) is 0 Å². The maximum Gasteiger partial charge on any atom is 0.219 e. The molecule has 18 heavy (non-hydrogen) atoms. The Balaban J connectivity index is 2.09. The van der Waals surface area contributed by atoms with Gasteiger partial charge in [0, 0.05) is 42.4 Å². The second-order valence-corrected chi connectivity index (χ2v) is 5.57. The second-order valence-electron chi connectivity index (χ2n) is 5.57. The van der Waals surface area contributed by atoms with Crippen LogP contribution < -0.4 is 0 Å². The average Bonchev–Trinajstić information content (AvgIpc) is 2.28. The van der Waals surface area contributed by atoms with E-state index in [1.54, 1.807) is 0 Å². The smallest absolute Gasteiger partial charge is 0.219 e. The Morgan fingerprint density at radius 2 is 1.44 bits per heavy atom. The summed E-state index contributed by atoms with van der Waals surface area (Å²) < 4.78 is 0. The number of Topliss-reactive ketones (excluding diaryl/α,β-unsaturated/α-hetero) is 2. The summed E-state index contributed by atoms with van der Waals surface area (Å²) in [6.45, 7) is 0. The van der Waals surface area contributed by atoms with Gasteiger partial charge in [-0.05, 0) is 25.7 Å². The van der Waals surface area contributed by atoms with Gasteiger partial charge in [0.25, 0.3) is 0 Å². The molecule has 0 aliphatic heterocycles. The predicted octanol–water partition coefficient (Wildman–Crippen LogP) is 2.15. The van der Waals surface area contributed by atoms with Gasteiger partial charge in [-0.15, -0.1) is 0 Å². The van der Waals surface area contributed by atoms with Crippen molar-refractivity contribution in [2.75, 3.05) is 0 Å². The largest absolute Gasteiger partial charge is 0.300 e. The maximum atomic E-state index is 11.5. The van der Waals surface area contributed by atoms with Crippen molar-refractivity contribution in [1.29, 1.82) is 0 Å². The molecule has 0 aromatic heterocycles. The monoisotopic (exact) mass is 253 g/mol. The fraction of sp³-hybridized carbons (Fsp3) is 0.846. The van der Waals surface area contributed by atoms with E-state index >= 15 is 0 Å². The zero-order chi connectivity index (χ0) is 13.1. The lowest BCUT2D eigenvalue weighted by atomic mass is 9.73. The van der Waals surface area contributed by atoms with Gasteiger partial charge in [0.1, 0.15) is 11.6 Å². The molecule has 2 aliphatic carbocycles. The first-order chi connectivity index (χ1) is 8.58. The van der Waals surface area contributed by atoms with Gasteiger partial charge in [-0.25, -0.2) is 0 Å². The number of ketones is 2. The molecule has 0 saturated heterocycles. The first-order valence-electron chi connectivity index (χ1n) is 6.75. The molecule has 2 saturated carbocycles. The number of nitro groups is 1. The van der Waals surface area contributed by atoms with Gasteiger partial charge in [-0.2, -0.15) is 0 Å². The summed E-state index contributed by atoms with van der Waals surface area (Å²) in [4.78, 5) is 34.0. The molecule has 0 N–H and O–H groups in total. The zero-order valence-electron chi connectivity index (χ0n) is 10.5. The van der Waals surface area contributed by atoms with Gasteiger partial charge in [0.2, 0.25) is 6.04 Å². The Morgan fingerprint density at radius 1 is 1.00 bits per heavy atom. The zero-order valence-corrected chi connectivity index (χ0v) is 10.5. The molecule has 2 unspecified atom stereocenters. The van der Waals surface area contributed by atoms with Crippen LogP contribution in [0, 0.1) is 22.0 Å². The van der Waals surface area contributed by atoms with Crippen molar-refractivity contribution in [2.45, 2.75) is 57.4 Å². The Morgan fingerprint density at radius 3 is 1.78 bits per heavy atom. The van der Waals surface area contributed by atoms with Gasteiger partial charge in [0.05, 0.1) is 0 Å². The molecule has 0 heterocycles. The standard InChI is InChI=1S/C13H19NO4/c15-11-5-1-3-9(7-11)13(14(17)18)10-4-2-6-12(16)8-10/h9-10,13H,1-8H2. The topological polar surface area (TPSA) is 77.3 Å². The van der Waals surface area contributed by atoms with Crippen molar-refractivity contribution in [3.8, 4) is 0 Å². The predicted molar refractivity (Wildman–Crippen MR) is 64.7 cm³/mol. The fourth-order valence-electron chi connectivity index (χ4n) is 3.43. The average molecular weight is 253 g/mol. The van der Waals surface area contributed by atoms with E-state index < -0.39 is 6.04 Å². The molecule has 0 spiro atoms. The molecule has 2 rings (SSSR count). The van der Waals surface area contributed by atoms with E-state index in [0.717, 1.165) is 25.7 Å². The molecule has 0 radical (unpaired) electrons. The van der Waals surface area contributed by atoms with Crippen molar-refractivity contribution in [1.82, 2.24) is 0 Å². The summed E-state index contributed by atoms with van der Waals surface area (Å²) in [5, 5.41) is 11.3. The van der Waals surface area contributed by atoms with Crippen molar-refractivity contribution in [3.05, 3.63) is 10.1 Å². The SMILES string of the molecule is O=C1CCCC(C(C2CCCC(=O)C2)[N+](=O)[O-])C1. The number of hydrogen-bond donors (Lipinski definition) is 0. The Hall–Kier alpha value is -1.26. The minimum Gasteiger partial charge on any atom is -0.300 e. The molecule has 0 amide bonds. The van der Waals surface area contributed by atoms with Gasteiger partial charge in [0.15, 0.2) is 0 Å². The highest BCUT2D eigenvalue weighted by Gasteiger charge is 2.42. The number of carbonyl (C=O) groups excluding carboxylic acids is 2. The Labute approximate surface area is 106 Å². The minimum absolute atomic E-state index is 0.139. The van der Waals surface area contributed by atoms with Gasteiger partial charge < -0.3 is 0 Å². The van der Waals surface area contributed by atoms with Crippen LogP contribution in [0.3, 0.4) is 0 Å². The third-order valence-electron chi connectivity index (χ3n) is 4.25. The van der Waals surface area contributed by atoms with Gasteiger partial charge >= 0.3 is 0 Å². The van der Waals surface area contributed by atoms with Crippen molar-refractivity contribution in [2.24, 2.45) is 11.8 Å². The normalized spacial score (nSPS) is 31.1. The summed E-state index contributed by atoms with van der Waals surface area (Å²) in [7, 11) is 0. The van der Waals surface area contributed by atoms with E-state index in [4.69, 9.17) is 0 Å². The number of nitrogens with zero attached hydrogens (tertiary/aromatic N) is 1. The maximum absolute atomic E-state index is 11.5. The number of carbonyl (C=O) groups is 2. The molecule has 2 atom stereocenters. The summed E-state index contributed by atoms with van der Waals surface area (Å²) >= 11 is 0. The molecule has 5 heteroatoms. The van der Waals surface area contributed by atoms with Crippen molar-refractivity contribution >= 4 is 11.6 Å². The highest BCUT2D eigenvalue weighted by atomic mass is 16.6. The molecule has 2 aliphatic rings. The lowest BCUT2D eigenvalue weighted by Crippen LogP contribution is -2.41. The van der Waals surface area contributed by atoms with Crippen LogP contribution in [-0.2, 0) is 9.59 Å². The first-order valence-corrected chi connectivity index (χ1v) is 6.75. The van der Waals surface area contributed by atoms with Gasteiger partial charge in [-0.1, -0.05) is 0 Å². The van der Waals surface area contributed by atoms with E-state index in [-0.39, 0.29) is 28.3 Å². The summed E-state index contributed by atoms with van der Waals surface area (Å²) in [5.41, 5.74) is 0. The highest BCUT2D eigenvalue weighted by molar-refractivity contribution is 5.80. The van der Waals surface area contributed by atoms with E-state index in [9.17, 15) is 19.7 Å². The molecule has 2 fully saturated rings. The summed E-state index contributed by atoms with van der Waals surface area (Å²) in [6.07, 6.45) is 4.80. The lowest BCUT2D eigenvalue weighted by Gasteiger charge is -2.30. The quantitative estimate of drug-likeness (QED) is 0.570. The molecule has 100 valence electrons. The third kappa shape index (κ3) is 2.94. The van der Waals surface area contributed by atoms with Crippen LogP contribution in [0.25, 0.3) is 0 Å². The van der Waals surface area contributed by atoms with Crippen LogP contribution in [0.15, 0.2) is 0 Å². The summed E-state index contributed by atoms with van der Waals surface area (Å²) in [5.74, 6) is -0.0326. The van der Waals surface area contributed by atoms with Crippen LogP contribution in [0.2, 0.25) is 0 Å². The number of hydrogen-bond acceptors (Lipinski definition) is 4. The Bertz CT molecular complexity index is 338. The van der Waals surface area contributed by atoms with Crippen molar-refractivity contribution < 1.29 is 14.5 Å². The van der Waals surface area contributed by atoms with Crippen LogP contribution in [0.4, 0.5) is 0 Å². The lowest BCUT2D eigenvalue weighted by molar-refractivity contribution is -0.543. The number of rotatable bonds is 3. The van der Waals surface area contributed by atoms with E-state index in [2.05, 4.69) is 0 Å². The molecule has 0 aromatic carbocycles. The first kappa shape index (κ1) is 13.2. The Kier molecular flexibility index (Phi) is 4.09. The van der Waals surface area contributed by atoms with E-state index in [1.165, 1.54) is 0 Å².